The smallest absolute Gasteiger partial charge is 0.321 e. The van der Waals surface area contributed by atoms with Crippen LogP contribution in [0.25, 0.3) is 0 Å². The van der Waals surface area contributed by atoms with Crippen LogP contribution in [0, 0.1) is 0 Å². The molecule has 1 saturated heterocycles. The summed E-state index contributed by atoms with van der Waals surface area (Å²) in [6, 6.07) is 10.9. The fourth-order valence-electron chi connectivity index (χ4n) is 4.35. The molecule has 4 rings (SSSR count). The van der Waals surface area contributed by atoms with Crippen molar-refractivity contribution in [1.82, 2.24) is 14.8 Å². The van der Waals surface area contributed by atoms with Gasteiger partial charge in [-0.25, -0.2) is 14.7 Å². The van der Waals surface area contributed by atoms with Crippen molar-refractivity contribution in [2.45, 2.75) is 38.1 Å². The minimum absolute atomic E-state index is 0.103. The fourth-order valence-corrected chi connectivity index (χ4v) is 4.35. The van der Waals surface area contributed by atoms with Gasteiger partial charge in [0.05, 0.1) is 16.9 Å². The van der Waals surface area contributed by atoms with Crippen molar-refractivity contribution in [2.24, 2.45) is 0 Å². The zero-order chi connectivity index (χ0) is 21.1. The first-order valence-electron chi connectivity index (χ1n) is 10.7. The second kappa shape index (κ2) is 8.83. The number of rotatable bonds is 4. The Labute approximate surface area is 177 Å². The van der Waals surface area contributed by atoms with Gasteiger partial charge < -0.3 is 15.1 Å². The van der Waals surface area contributed by atoms with Gasteiger partial charge in [-0.05, 0) is 77.0 Å². The third-order valence-electron chi connectivity index (χ3n) is 5.84. The summed E-state index contributed by atoms with van der Waals surface area (Å²) in [6.45, 7) is 1.74. The van der Waals surface area contributed by atoms with Crippen molar-refractivity contribution >= 4 is 29.1 Å². The van der Waals surface area contributed by atoms with Gasteiger partial charge in [0, 0.05) is 18.8 Å². The lowest BCUT2D eigenvalue weighted by Crippen LogP contribution is -2.49. The van der Waals surface area contributed by atoms with Crippen molar-refractivity contribution < 1.29 is 9.59 Å². The number of pyridine rings is 1. The van der Waals surface area contributed by atoms with E-state index in [1.54, 1.807) is 29.3 Å². The van der Waals surface area contributed by atoms with E-state index in [9.17, 15) is 9.59 Å². The quantitative estimate of drug-likeness (QED) is 0.828. The number of fused-ring (bicyclic) bond motifs is 2. The monoisotopic (exact) mass is 407 g/mol. The molecule has 1 aromatic carbocycles. The highest BCUT2D eigenvalue weighted by Crippen LogP contribution is 2.38. The summed E-state index contributed by atoms with van der Waals surface area (Å²) in [5.41, 5.74) is 1.60. The van der Waals surface area contributed by atoms with Crippen LogP contribution in [0.5, 0.6) is 0 Å². The normalized spacial score (nSPS) is 18.5. The van der Waals surface area contributed by atoms with E-state index in [4.69, 9.17) is 0 Å². The minimum Gasteiger partial charge on any atom is -0.321 e. The largest absolute Gasteiger partial charge is 0.330 e. The van der Waals surface area contributed by atoms with Crippen molar-refractivity contribution in [3.8, 4) is 0 Å². The van der Waals surface area contributed by atoms with Crippen LogP contribution in [0.2, 0.25) is 0 Å². The van der Waals surface area contributed by atoms with E-state index >= 15 is 0 Å². The Kier molecular flexibility index (Phi) is 5.99. The fraction of sp³-hybridized carbons (Fsp3) is 0.435. The predicted octanol–water partition coefficient (Wildman–Crippen LogP) is 4.10. The molecule has 3 heterocycles. The van der Waals surface area contributed by atoms with Gasteiger partial charge in [-0.1, -0.05) is 12.1 Å². The van der Waals surface area contributed by atoms with Crippen LogP contribution >= 0.6 is 0 Å². The number of amides is 3. The molecule has 2 aliphatic heterocycles. The van der Waals surface area contributed by atoms with Crippen LogP contribution in [0.4, 0.5) is 22.0 Å². The van der Waals surface area contributed by atoms with Crippen molar-refractivity contribution in [3.05, 3.63) is 48.2 Å². The second-order valence-electron chi connectivity index (χ2n) is 8.25. The van der Waals surface area contributed by atoms with E-state index in [1.165, 1.54) is 0 Å². The van der Waals surface area contributed by atoms with Gasteiger partial charge in [0.25, 0.3) is 5.91 Å². The van der Waals surface area contributed by atoms with Crippen LogP contribution in [-0.4, -0.2) is 59.9 Å². The molecule has 0 radical (unpaired) electrons. The molecule has 0 aliphatic carbocycles. The van der Waals surface area contributed by atoms with Gasteiger partial charge >= 0.3 is 6.03 Å². The maximum absolute atomic E-state index is 13.9. The van der Waals surface area contributed by atoms with Crippen molar-refractivity contribution in [2.75, 3.05) is 37.4 Å². The molecule has 0 bridgehead atoms. The summed E-state index contributed by atoms with van der Waals surface area (Å²) < 4.78 is 0. The van der Waals surface area contributed by atoms with E-state index in [-0.39, 0.29) is 18.0 Å². The molecule has 1 unspecified atom stereocenters. The van der Waals surface area contributed by atoms with Crippen LogP contribution in [0.15, 0.2) is 42.6 Å². The molecule has 2 aliphatic rings. The summed E-state index contributed by atoms with van der Waals surface area (Å²) in [6.07, 6.45) is 6.84. The van der Waals surface area contributed by atoms with Crippen LogP contribution < -0.4 is 10.2 Å². The molecule has 1 N–H and O–H groups in total. The standard InChI is InChI=1S/C23H29N5O2/c1-26(2)15-8-10-17-9-5-6-16-27(17)23(30)28-20-13-4-3-11-18(20)22(29)25-19-12-7-14-24-21(19)28/h3-4,7,11-14,17H,5-6,8-10,15-16H2,1-2H3,(H,25,29). The molecule has 0 saturated carbocycles. The lowest BCUT2D eigenvalue weighted by atomic mass is 9.98. The highest BCUT2D eigenvalue weighted by atomic mass is 16.2. The number of nitrogens with zero attached hydrogens (tertiary/aromatic N) is 4. The zero-order valence-corrected chi connectivity index (χ0v) is 17.7. The van der Waals surface area contributed by atoms with E-state index < -0.39 is 0 Å². The molecule has 7 nitrogen and oxygen atoms in total. The summed E-state index contributed by atoms with van der Waals surface area (Å²) in [5.74, 6) is 0.245. The van der Waals surface area contributed by atoms with Crippen LogP contribution in [0.3, 0.4) is 0 Å². The van der Waals surface area contributed by atoms with E-state index in [2.05, 4.69) is 29.3 Å². The molecule has 3 amide bonds. The average Bonchev–Trinajstić information content (AvgIpc) is 2.87. The lowest BCUT2D eigenvalue weighted by molar-refractivity contribution is 0.102. The third-order valence-corrected chi connectivity index (χ3v) is 5.84. The summed E-state index contributed by atoms with van der Waals surface area (Å²) in [5, 5.41) is 2.90. The number of carbonyl (C=O) groups is 2. The number of aromatic nitrogens is 1. The number of nitrogens with one attached hydrogen (secondary N) is 1. The number of hydrogen-bond donors (Lipinski definition) is 1. The predicted molar refractivity (Wildman–Crippen MR) is 118 cm³/mol. The summed E-state index contributed by atoms with van der Waals surface area (Å²) in [4.78, 5) is 37.0. The van der Waals surface area contributed by atoms with Crippen LogP contribution in [0.1, 0.15) is 42.5 Å². The average molecular weight is 408 g/mol. The number of likely N-dealkylation sites (tertiary alicyclic amines) is 1. The molecular weight excluding hydrogens is 378 g/mol. The van der Waals surface area contributed by atoms with Gasteiger partial charge in [0.15, 0.2) is 5.82 Å². The third kappa shape index (κ3) is 4.03. The van der Waals surface area contributed by atoms with Gasteiger partial charge in [0.2, 0.25) is 0 Å². The summed E-state index contributed by atoms with van der Waals surface area (Å²) >= 11 is 0. The number of urea groups is 1. The first-order valence-corrected chi connectivity index (χ1v) is 10.7. The Hall–Kier alpha value is -2.93. The Morgan fingerprint density at radius 3 is 2.87 bits per heavy atom. The number of anilines is 3. The molecule has 30 heavy (non-hydrogen) atoms. The molecule has 158 valence electrons. The molecule has 7 heteroatoms. The molecule has 1 aromatic heterocycles. The van der Waals surface area contributed by atoms with Crippen LogP contribution in [-0.2, 0) is 0 Å². The zero-order valence-electron chi connectivity index (χ0n) is 17.7. The Morgan fingerprint density at radius 1 is 1.20 bits per heavy atom. The van der Waals surface area contributed by atoms with E-state index in [0.717, 1.165) is 45.2 Å². The number of carbonyl (C=O) groups excluding carboxylic acids is 2. The Balaban J connectivity index is 1.70. The van der Waals surface area contributed by atoms with E-state index in [0.29, 0.717) is 22.8 Å². The van der Waals surface area contributed by atoms with Crippen molar-refractivity contribution in [1.29, 1.82) is 0 Å². The van der Waals surface area contributed by atoms with Gasteiger partial charge in [-0.15, -0.1) is 0 Å². The van der Waals surface area contributed by atoms with Gasteiger partial charge in [-0.3, -0.25) is 4.79 Å². The van der Waals surface area contributed by atoms with Crippen molar-refractivity contribution in [3.63, 3.8) is 0 Å². The Morgan fingerprint density at radius 2 is 2.03 bits per heavy atom. The maximum Gasteiger partial charge on any atom is 0.330 e. The van der Waals surface area contributed by atoms with Gasteiger partial charge in [-0.2, -0.15) is 0 Å². The number of hydrogen-bond acceptors (Lipinski definition) is 4. The molecule has 2 aromatic rings. The number of piperidine rings is 1. The molecular formula is C23H29N5O2. The minimum atomic E-state index is -0.226. The number of benzene rings is 1. The van der Waals surface area contributed by atoms with Gasteiger partial charge in [0.1, 0.15) is 0 Å². The Bertz CT molecular complexity index is 929. The second-order valence-corrected chi connectivity index (χ2v) is 8.25. The first-order chi connectivity index (χ1) is 14.6. The molecule has 1 atom stereocenters. The van der Waals surface area contributed by atoms with E-state index in [1.807, 2.05) is 23.1 Å². The highest BCUT2D eigenvalue weighted by molar-refractivity contribution is 6.16. The highest BCUT2D eigenvalue weighted by Gasteiger charge is 2.36. The number of para-hydroxylation sites is 1. The first kappa shape index (κ1) is 20.3. The SMILES string of the molecule is CN(C)CCCC1CCCCN1C(=O)N1c2ccccc2C(=O)Nc2cccnc21. The lowest BCUT2D eigenvalue weighted by Gasteiger charge is -2.39. The molecule has 0 spiro atoms. The molecule has 1 fully saturated rings. The topological polar surface area (TPSA) is 68.8 Å². The maximum atomic E-state index is 13.9. The summed E-state index contributed by atoms with van der Waals surface area (Å²) in [7, 11) is 4.15.